The number of pyridine rings is 1. The van der Waals surface area contributed by atoms with Crippen LogP contribution in [0.25, 0.3) is 0 Å². The van der Waals surface area contributed by atoms with E-state index in [4.69, 9.17) is 17.0 Å². The first-order chi connectivity index (χ1) is 15.7. The summed E-state index contributed by atoms with van der Waals surface area (Å²) in [7, 11) is 0. The molecule has 6 heteroatoms. The molecule has 5 nitrogen and oxygen atoms in total. The van der Waals surface area contributed by atoms with Crippen molar-refractivity contribution < 1.29 is 4.74 Å². The van der Waals surface area contributed by atoms with Crippen LogP contribution < -0.4 is 15.0 Å². The van der Waals surface area contributed by atoms with E-state index in [1.165, 1.54) is 37.7 Å². The summed E-state index contributed by atoms with van der Waals surface area (Å²) in [4.78, 5) is 6.89. The lowest BCUT2D eigenvalue weighted by Gasteiger charge is -2.28. The van der Waals surface area contributed by atoms with Crippen molar-refractivity contribution in [2.45, 2.75) is 57.2 Å². The molecular weight excluding hydrogens is 416 g/mol. The second-order valence-corrected chi connectivity index (χ2v) is 8.99. The number of nitrogens with one attached hydrogen (secondary N) is 1. The number of anilines is 1. The van der Waals surface area contributed by atoms with Crippen LogP contribution in [0.15, 0.2) is 67.1 Å². The second kappa shape index (κ2) is 9.33. The maximum Gasteiger partial charge on any atom is 0.174 e. The number of hydrogen-bond donors (Lipinski definition) is 1. The largest absolute Gasteiger partial charge is 0.494 e. The molecule has 1 N–H and O–H groups in total. The molecule has 5 rings (SSSR count). The second-order valence-electron chi connectivity index (χ2n) is 8.61. The molecule has 166 valence electrons. The fourth-order valence-electron chi connectivity index (χ4n) is 5.05. The summed E-state index contributed by atoms with van der Waals surface area (Å²) >= 11 is 5.84. The van der Waals surface area contributed by atoms with Crippen LogP contribution in [0.1, 0.15) is 68.4 Å². The maximum atomic E-state index is 5.84. The van der Waals surface area contributed by atoms with Gasteiger partial charge >= 0.3 is 0 Å². The van der Waals surface area contributed by atoms with Gasteiger partial charge < -0.3 is 19.5 Å². The molecule has 0 radical (unpaired) electrons. The molecule has 0 amide bonds. The number of aromatic nitrogens is 2. The maximum absolute atomic E-state index is 5.84. The average Bonchev–Trinajstić information content (AvgIpc) is 3.46. The highest BCUT2D eigenvalue weighted by atomic mass is 32.1. The van der Waals surface area contributed by atoms with Gasteiger partial charge in [0.15, 0.2) is 5.11 Å². The Morgan fingerprint density at radius 3 is 2.59 bits per heavy atom. The molecule has 32 heavy (non-hydrogen) atoms. The number of ether oxygens (including phenoxy) is 1. The third-order valence-electron chi connectivity index (χ3n) is 6.60. The molecule has 2 aliphatic rings. The van der Waals surface area contributed by atoms with Gasteiger partial charge in [0, 0.05) is 30.3 Å². The Kier molecular flexibility index (Phi) is 6.12. The zero-order valence-electron chi connectivity index (χ0n) is 18.5. The third-order valence-corrected chi connectivity index (χ3v) is 6.91. The van der Waals surface area contributed by atoms with Crippen molar-refractivity contribution in [3.63, 3.8) is 0 Å². The van der Waals surface area contributed by atoms with Crippen LogP contribution in [0.3, 0.4) is 0 Å². The van der Waals surface area contributed by atoms with Gasteiger partial charge in [-0.3, -0.25) is 4.98 Å². The summed E-state index contributed by atoms with van der Waals surface area (Å²) in [6.07, 6.45) is 13.0. The van der Waals surface area contributed by atoms with Crippen LogP contribution >= 0.6 is 12.2 Å². The normalized spacial score (nSPS) is 21.5. The third kappa shape index (κ3) is 4.11. The molecule has 2 atom stereocenters. The number of thiocarbonyl (C=S) groups is 1. The van der Waals surface area contributed by atoms with E-state index in [1.807, 2.05) is 37.4 Å². The minimum absolute atomic E-state index is 0.0162. The van der Waals surface area contributed by atoms with Crippen molar-refractivity contribution >= 4 is 23.0 Å². The predicted molar refractivity (Wildman–Crippen MR) is 132 cm³/mol. The van der Waals surface area contributed by atoms with Crippen LogP contribution in [-0.2, 0) is 0 Å². The minimum Gasteiger partial charge on any atom is -0.494 e. The topological polar surface area (TPSA) is 42.3 Å². The zero-order valence-corrected chi connectivity index (χ0v) is 19.3. The van der Waals surface area contributed by atoms with Crippen LogP contribution in [0, 0.1) is 0 Å². The van der Waals surface area contributed by atoms with Crippen LogP contribution in [-0.4, -0.2) is 21.3 Å². The summed E-state index contributed by atoms with van der Waals surface area (Å²) < 4.78 is 8.06. The summed E-state index contributed by atoms with van der Waals surface area (Å²) in [5.74, 6) is 0.871. The lowest BCUT2D eigenvalue weighted by Crippen LogP contribution is -2.29. The first kappa shape index (κ1) is 21.0. The molecule has 2 aromatic heterocycles. The number of nitrogens with zero attached hydrogens (tertiary/aromatic N) is 3. The fourth-order valence-corrected chi connectivity index (χ4v) is 5.40. The standard InChI is InChI=1S/C26H30N4OS/c1-2-31-22-13-11-21(12-14-22)30-25(24(28-26(30)32)23-10-6-7-16-27-23)19-15-17-29(18-19)20-8-4-3-5-9-20/h6-7,10-18,20,24-25H,2-5,8-9H2,1H3,(H,28,32)/t24-,25-/m1/s1. The van der Waals surface area contributed by atoms with E-state index in [-0.39, 0.29) is 12.1 Å². The van der Waals surface area contributed by atoms with Crippen molar-refractivity contribution in [3.05, 3.63) is 78.4 Å². The molecule has 0 bridgehead atoms. The highest BCUT2D eigenvalue weighted by Gasteiger charge is 2.41. The van der Waals surface area contributed by atoms with E-state index < -0.39 is 0 Å². The Morgan fingerprint density at radius 1 is 1.06 bits per heavy atom. The fraction of sp³-hybridized carbons (Fsp3) is 0.385. The molecule has 1 aliphatic carbocycles. The van der Waals surface area contributed by atoms with Crippen LogP contribution in [0.4, 0.5) is 5.69 Å². The monoisotopic (exact) mass is 446 g/mol. The van der Waals surface area contributed by atoms with Crippen molar-refractivity contribution in [3.8, 4) is 5.75 Å². The molecule has 3 heterocycles. The molecular formula is C26H30N4OS. The first-order valence-corrected chi connectivity index (χ1v) is 12.1. The predicted octanol–water partition coefficient (Wildman–Crippen LogP) is 5.96. The van der Waals surface area contributed by atoms with E-state index in [2.05, 4.69) is 56.4 Å². The Labute approximate surface area is 195 Å². The minimum atomic E-state index is -0.0162. The molecule has 2 fully saturated rings. The van der Waals surface area contributed by atoms with Crippen molar-refractivity contribution in [2.24, 2.45) is 0 Å². The van der Waals surface area contributed by atoms with E-state index in [0.717, 1.165) is 22.2 Å². The van der Waals surface area contributed by atoms with Crippen LogP contribution in [0.5, 0.6) is 5.75 Å². The van der Waals surface area contributed by atoms with Gasteiger partial charge in [0.1, 0.15) is 5.75 Å². The summed E-state index contributed by atoms with van der Waals surface area (Å²) in [5, 5.41) is 4.27. The Hall–Kier alpha value is -2.86. The van der Waals surface area contributed by atoms with Gasteiger partial charge in [-0.2, -0.15) is 0 Å². The number of benzene rings is 1. The van der Waals surface area contributed by atoms with E-state index in [9.17, 15) is 0 Å². The van der Waals surface area contributed by atoms with Gasteiger partial charge in [0.25, 0.3) is 0 Å². The molecule has 3 aromatic rings. The molecule has 1 saturated carbocycles. The van der Waals surface area contributed by atoms with Gasteiger partial charge in [0.05, 0.1) is 24.4 Å². The van der Waals surface area contributed by atoms with Crippen molar-refractivity contribution in [1.29, 1.82) is 0 Å². The Morgan fingerprint density at radius 2 is 1.88 bits per heavy atom. The van der Waals surface area contributed by atoms with E-state index in [1.54, 1.807) is 0 Å². The van der Waals surface area contributed by atoms with Gasteiger partial charge in [0.2, 0.25) is 0 Å². The van der Waals surface area contributed by atoms with E-state index >= 15 is 0 Å². The van der Waals surface area contributed by atoms with Crippen molar-refractivity contribution in [2.75, 3.05) is 11.5 Å². The number of hydrogen-bond acceptors (Lipinski definition) is 3. The Balaban J connectivity index is 1.51. The first-order valence-electron chi connectivity index (χ1n) is 11.7. The lowest BCUT2D eigenvalue weighted by molar-refractivity contribution is 0.340. The molecule has 1 saturated heterocycles. The molecule has 1 aromatic carbocycles. The van der Waals surface area contributed by atoms with Gasteiger partial charge in [-0.1, -0.05) is 25.3 Å². The molecule has 0 unspecified atom stereocenters. The summed E-state index contributed by atoms with van der Waals surface area (Å²) in [6.45, 7) is 2.65. The van der Waals surface area contributed by atoms with Gasteiger partial charge in [-0.25, -0.2) is 0 Å². The molecule has 1 aliphatic heterocycles. The van der Waals surface area contributed by atoms with Gasteiger partial charge in [-0.15, -0.1) is 0 Å². The smallest absolute Gasteiger partial charge is 0.174 e. The highest BCUT2D eigenvalue weighted by molar-refractivity contribution is 7.80. The average molecular weight is 447 g/mol. The van der Waals surface area contributed by atoms with Gasteiger partial charge in [-0.05, 0) is 80.0 Å². The lowest BCUT2D eigenvalue weighted by atomic mass is 9.95. The highest BCUT2D eigenvalue weighted by Crippen LogP contribution is 2.42. The number of rotatable bonds is 6. The quantitative estimate of drug-likeness (QED) is 0.473. The zero-order chi connectivity index (χ0) is 21.9. The SMILES string of the molecule is CCOc1ccc(N2C(=S)N[C@H](c3ccccn3)[C@H]2c2ccn(C3CCCCC3)c2)cc1. The van der Waals surface area contributed by atoms with Crippen molar-refractivity contribution in [1.82, 2.24) is 14.9 Å². The summed E-state index contributed by atoms with van der Waals surface area (Å²) in [5.41, 5.74) is 3.31. The Bertz CT molecular complexity index is 1040. The molecule has 0 spiro atoms. The summed E-state index contributed by atoms with van der Waals surface area (Å²) in [6, 6.07) is 17.1. The van der Waals surface area contributed by atoms with E-state index in [0.29, 0.717) is 12.6 Å². The van der Waals surface area contributed by atoms with Crippen LogP contribution in [0.2, 0.25) is 0 Å².